The van der Waals surface area contributed by atoms with E-state index in [9.17, 15) is 0 Å². The monoisotopic (exact) mass is 138 g/mol. The lowest BCUT2D eigenvalue weighted by Crippen LogP contribution is -1.89. The Hall–Kier alpha value is -0.830. The Labute approximate surface area is 59.6 Å². The summed E-state index contributed by atoms with van der Waals surface area (Å²) in [6.45, 7) is 2.90. The zero-order valence-electron chi connectivity index (χ0n) is 6.16. The second-order valence-electron chi connectivity index (χ2n) is 2.69. The van der Waals surface area contributed by atoms with Gasteiger partial charge in [-0.05, 0) is 12.5 Å². The summed E-state index contributed by atoms with van der Waals surface area (Å²) in [5, 5.41) is 4.26. The van der Waals surface area contributed by atoms with Gasteiger partial charge in [0.25, 0.3) is 0 Å². The standard InChI is InChI=1S/C7H10N2O/c1-5-3-9(2)8-7(5)6-4-10-6/h3,6H,4H2,1-2H3. The number of aryl methyl sites for hydroxylation is 2. The Kier molecular flexibility index (Phi) is 1.08. The highest BCUT2D eigenvalue weighted by Crippen LogP contribution is 2.30. The third-order valence-electron chi connectivity index (χ3n) is 1.69. The van der Waals surface area contributed by atoms with Gasteiger partial charge in [0.05, 0.1) is 12.3 Å². The third-order valence-corrected chi connectivity index (χ3v) is 1.69. The molecule has 1 atom stereocenters. The van der Waals surface area contributed by atoms with Crippen molar-refractivity contribution < 1.29 is 4.74 Å². The van der Waals surface area contributed by atoms with Crippen LogP contribution in [0.3, 0.4) is 0 Å². The number of ether oxygens (including phenoxy) is 1. The summed E-state index contributed by atoms with van der Waals surface area (Å²) in [6.07, 6.45) is 2.30. The summed E-state index contributed by atoms with van der Waals surface area (Å²) in [6, 6.07) is 0. The Morgan fingerprint density at radius 3 is 2.90 bits per heavy atom. The van der Waals surface area contributed by atoms with Crippen molar-refractivity contribution in [2.75, 3.05) is 6.61 Å². The normalized spacial score (nSPS) is 23.2. The minimum absolute atomic E-state index is 0.293. The molecule has 1 aromatic heterocycles. The topological polar surface area (TPSA) is 30.4 Å². The van der Waals surface area contributed by atoms with E-state index < -0.39 is 0 Å². The van der Waals surface area contributed by atoms with Gasteiger partial charge in [-0.25, -0.2) is 0 Å². The van der Waals surface area contributed by atoms with Crippen molar-refractivity contribution in [3.63, 3.8) is 0 Å². The molecule has 0 spiro atoms. The summed E-state index contributed by atoms with van der Waals surface area (Å²) in [7, 11) is 1.93. The summed E-state index contributed by atoms with van der Waals surface area (Å²) in [5.74, 6) is 0. The predicted molar refractivity (Wildman–Crippen MR) is 36.6 cm³/mol. The Morgan fingerprint density at radius 1 is 1.80 bits per heavy atom. The molecule has 3 heteroatoms. The molecule has 10 heavy (non-hydrogen) atoms. The SMILES string of the molecule is Cc1cn(C)nc1C1CO1. The fourth-order valence-electron chi connectivity index (χ4n) is 1.15. The second kappa shape index (κ2) is 1.83. The van der Waals surface area contributed by atoms with E-state index in [-0.39, 0.29) is 0 Å². The van der Waals surface area contributed by atoms with E-state index in [0.29, 0.717) is 6.10 Å². The van der Waals surface area contributed by atoms with Crippen molar-refractivity contribution in [2.45, 2.75) is 13.0 Å². The summed E-state index contributed by atoms with van der Waals surface area (Å²) >= 11 is 0. The molecule has 1 aliphatic rings. The fraction of sp³-hybridized carbons (Fsp3) is 0.571. The van der Waals surface area contributed by atoms with E-state index in [1.54, 1.807) is 0 Å². The quantitative estimate of drug-likeness (QED) is 0.537. The smallest absolute Gasteiger partial charge is 0.125 e. The highest BCUT2D eigenvalue weighted by atomic mass is 16.6. The molecule has 1 aliphatic heterocycles. The van der Waals surface area contributed by atoms with Crippen LogP contribution in [0.15, 0.2) is 6.20 Å². The van der Waals surface area contributed by atoms with Crippen LogP contribution in [0.1, 0.15) is 17.4 Å². The van der Waals surface area contributed by atoms with Gasteiger partial charge in [0.2, 0.25) is 0 Å². The fourth-order valence-corrected chi connectivity index (χ4v) is 1.15. The number of hydrogen-bond donors (Lipinski definition) is 0. The molecule has 54 valence electrons. The van der Waals surface area contributed by atoms with Crippen molar-refractivity contribution in [1.82, 2.24) is 9.78 Å². The van der Waals surface area contributed by atoms with Gasteiger partial charge in [0.15, 0.2) is 0 Å². The van der Waals surface area contributed by atoms with Gasteiger partial charge >= 0.3 is 0 Å². The van der Waals surface area contributed by atoms with Crippen molar-refractivity contribution in [2.24, 2.45) is 7.05 Å². The van der Waals surface area contributed by atoms with Crippen LogP contribution in [0.4, 0.5) is 0 Å². The first-order valence-corrected chi connectivity index (χ1v) is 3.39. The van der Waals surface area contributed by atoms with Crippen LogP contribution in [-0.4, -0.2) is 16.4 Å². The zero-order chi connectivity index (χ0) is 7.14. The molecule has 1 saturated heterocycles. The lowest BCUT2D eigenvalue weighted by atomic mass is 10.2. The molecule has 0 aromatic carbocycles. The Morgan fingerprint density at radius 2 is 2.50 bits per heavy atom. The highest BCUT2D eigenvalue weighted by molar-refractivity contribution is 5.19. The lowest BCUT2D eigenvalue weighted by Gasteiger charge is -1.86. The van der Waals surface area contributed by atoms with Gasteiger partial charge in [0.1, 0.15) is 6.10 Å². The molecule has 2 rings (SSSR count). The number of aromatic nitrogens is 2. The molecule has 0 bridgehead atoms. The van der Waals surface area contributed by atoms with Gasteiger partial charge in [-0.3, -0.25) is 4.68 Å². The minimum Gasteiger partial charge on any atom is -0.366 e. The van der Waals surface area contributed by atoms with Crippen LogP contribution in [-0.2, 0) is 11.8 Å². The number of nitrogens with zero attached hydrogens (tertiary/aromatic N) is 2. The van der Waals surface area contributed by atoms with E-state index in [2.05, 4.69) is 12.0 Å². The van der Waals surface area contributed by atoms with Crippen LogP contribution in [0, 0.1) is 6.92 Å². The zero-order valence-corrected chi connectivity index (χ0v) is 6.16. The van der Waals surface area contributed by atoms with Crippen molar-refractivity contribution in [3.8, 4) is 0 Å². The van der Waals surface area contributed by atoms with Crippen molar-refractivity contribution in [3.05, 3.63) is 17.5 Å². The van der Waals surface area contributed by atoms with E-state index in [4.69, 9.17) is 4.74 Å². The first kappa shape index (κ1) is 5.92. The predicted octanol–water partition coefficient (Wildman–Crippen LogP) is 0.800. The van der Waals surface area contributed by atoms with E-state index in [1.807, 2.05) is 17.9 Å². The summed E-state index contributed by atoms with van der Waals surface area (Å²) in [5.41, 5.74) is 2.33. The average molecular weight is 138 g/mol. The molecule has 0 saturated carbocycles. The molecular weight excluding hydrogens is 128 g/mol. The van der Waals surface area contributed by atoms with Crippen LogP contribution >= 0.6 is 0 Å². The van der Waals surface area contributed by atoms with Gasteiger partial charge < -0.3 is 4.74 Å². The van der Waals surface area contributed by atoms with Gasteiger partial charge in [0, 0.05) is 13.2 Å². The van der Waals surface area contributed by atoms with E-state index >= 15 is 0 Å². The largest absolute Gasteiger partial charge is 0.366 e. The maximum atomic E-state index is 5.11. The molecular formula is C7H10N2O. The molecule has 0 aliphatic carbocycles. The van der Waals surface area contributed by atoms with Gasteiger partial charge in [-0.1, -0.05) is 0 Å². The number of epoxide rings is 1. The van der Waals surface area contributed by atoms with Crippen LogP contribution in [0.25, 0.3) is 0 Å². The molecule has 3 nitrogen and oxygen atoms in total. The molecule has 1 unspecified atom stereocenters. The Bertz CT molecular complexity index is 250. The van der Waals surface area contributed by atoms with E-state index in [0.717, 1.165) is 12.3 Å². The highest BCUT2D eigenvalue weighted by Gasteiger charge is 2.28. The maximum absolute atomic E-state index is 5.11. The second-order valence-corrected chi connectivity index (χ2v) is 2.69. The van der Waals surface area contributed by atoms with Gasteiger partial charge in [-0.2, -0.15) is 5.10 Å². The lowest BCUT2D eigenvalue weighted by molar-refractivity contribution is 0.409. The minimum atomic E-state index is 0.293. The van der Waals surface area contributed by atoms with Crippen LogP contribution in [0.5, 0.6) is 0 Å². The first-order chi connectivity index (χ1) is 4.77. The molecule has 2 heterocycles. The number of rotatable bonds is 1. The molecule has 1 fully saturated rings. The number of hydrogen-bond acceptors (Lipinski definition) is 2. The van der Waals surface area contributed by atoms with Crippen LogP contribution < -0.4 is 0 Å². The maximum Gasteiger partial charge on any atom is 0.125 e. The summed E-state index contributed by atoms with van der Waals surface area (Å²) < 4.78 is 6.94. The molecule has 0 amide bonds. The Balaban J connectivity index is 2.38. The molecule has 1 aromatic rings. The van der Waals surface area contributed by atoms with Crippen molar-refractivity contribution in [1.29, 1.82) is 0 Å². The summed E-state index contributed by atoms with van der Waals surface area (Å²) in [4.78, 5) is 0. The molecule has 0 N–H and O–H groups in total. The third kappa shape index (κ3) is 0.827. The molecule has 0 radical (unpaired) electrons. The first-order valence-electron chi connectivity index (χ1n) is 3.39. The van der Waals surface area contributed by atoms with Gasteiger partial charge in [-0.15, -0.1) is 0 Å². The van der Waals surface area contributed by atoms with Crippen LogP contribution in [0.2, 0.25) is 0 Å². The van der Waals surface area contributed by atoms with Crippen molar-refractivity contribution >= 4 is 0 Å². The average Bonchev–Trinajstić information content (AvgIpc) is 2.61. The van der Waals surface area contributed by atoms with E-state index in [1.165, 1.54) is 5.56 Å².